The zero-order valence-corrected chi connectivity index (χ0v) is 12.6. The van der Waals surface area contributed by atoms with Crippen LogP contribution in [0.5, 0.6) is 0 Å². The van der Waals surface area contributed by atoms with Crippen molar-refractivity contribution in [3.63, 3.8) is 0 Å². The molecule has 4 nitrogen and oxygen atoms in total. The lowest BCUT2D eigenvalue weighted by Gasteiger charge is -2.01. The molecule has 114 valence electrons. The minimum absolute atomic E-state index is 0.00655. The van der Waals surface area contributed by atoms with E-state index in [0.29, 0.717) is 5.76 Å². The molecule has 0 radical (unpaired) electrons. The van der Waals surface area contributed by atoms with Gasteiger partial charge in [0.25, 0.3) is 0 Å². The number of aromatic carboxylic acids is 1. The fraction of sp³-hybridized carbons (Fsp3) is 0.750. The number of unbranched alkanes of at least 4 members (excludes halogenated alkanes) is 9. The summed E-state index contributed by atoms with van der Waals surface area (Å²) in [5.41, 5.74) is 0.00655. The quantitative estimate of drug-likeness (QED) is 0.557. The van der Waals surface area contributed by atoms with E-state index < -0.39 is 5.97 Å². The van der Waals surface area contributed by atoms with Crippen LogP contribution < -0.4 is 0 Å². The van der Waals surface area contributed by atoms with Crippen LogP contribution in [0, 0.1) is 0 Å². The van der Waals surface area contributed by atoms with Crippen LogP contribution in [0.2, 0.25) is 0 Å². The number of carboxylic acids is 1. The van der Waals surface area contributed by atoms with E-state index in [1.165, 1.54) is 63.9 Å². The Morgan fingerprint density at radius 3 is 2.10 bits per heavy atom. The number of carboxylic acid groups (broad SMARTS) is 1. The molecule has 1 heterocycles. The first kappa shape index (κ1) is 16.7. The van der Waals surface area contributed by atoms with Gasteiger partial charge in [-0.3, -0.25) is 0 Å². The van der Waals surface area contributed by atoms with E-state index in [-0.39, 0.29) is 5.69 Å². The summed E-state index contributed by atoms with van der Waals surface area (Å²) < 4.78 is 4.98. The second-order valence-electron chi connectivity index (χ2n) is 5.42. The van der Waals surface area contributed by atoms with Crippen LogP contribution >= 0.6 is 0 Å². The maximum Gasteiger partial charge on any atom is 0.358 e. The standard InChI is InChI=1S/C16H27NO3/c1-2-3-4-5-6-7-8-9-10-11-12-14-13-15(16(18)19)17-20-14/h13H,2-12H2,1H3,(H,18,19). The van der Waals surface area contributed by atoms with Crippen molar-refractivity contribution in [1.29, 1.82) is 0 Å². The van der Waals surface area contributed by atoms with Gasteiger partial charge in [0.1, 0.15) is 5.76 Å². The van der Waals surface area contributed by atoms with E-state index in [1.54, 1.807) is 0 Å². The van der Waals surface area contributed by atoms with Crippen LogP contribution in [-0.2, 0) is 6.42 Å². The summed E-state index contributed by atoms with van der Waals surface area (Å²) >= 11 is 0. The van der Waals surface area contributed by atoms with Gasteiger partial charge in [0.05, 0.1) is 0 Å². The van der Waals surface area contributed by atoms with Gasteiger partial charge in [0, 0.05) is 12.5 Å². The molecular formula is C16H27NO3. The Morgan fingerprint density at radius 2 is 1.60 bits per heavy atom. The van der Waals surface area contributed by atoms with E-state index >= 15 is 0 Å². The maximum atomic E-state index is 10.6. The van der Waals surface area contributed by atoms with Crippen molar-refractivity contribution in [2.75, 3.05) is 0 Å². The summed E-state index contributed by atoms with van der Waals surface area (Å²) in [7, 11) is 0. The zero-order valence-electron chi connectivity index (χ0n) is 12.6. The molecule has 0 atom stereocenters. The molecule has 4 heteroatoms. The van der Waals surface area contributed by atoms with Gasteiger partial charge in [-0.05, 0) is 6.42 Å². The number of nitrogens with zero attached hydrogens (tertiary/aromatic N) is 1. The van der Waals surface area contributed by atoms with Crippen molar-refractivity contribution in [2.45, 2.75) is 77.6 Å². The molecule has 1 aromatic rings. The van der Waals surface area contributed by atoms with Crippen molar-refractivity contribution in [3.8, 4) is 0 Å². The topological polar surface area (TPSA) is 63.3 Å². The highest BCUT2D eigenvalue weighted by Gasteiger charge is 2.09. The van der Waals surface area contributed by atoms with Gasteiger partial charge >= 0.3 is 5.97 Å². The Labute approximate surface area is 121 Å². The third-order valence-electron chi connectivity index (χ3n) is 3.55. The molecule has 0 saturated carbocycles. The molecule has 0 aliphatic heterocycles. The smallest absolute Gasteiger partial charge is 0.358 e. The normalized spacial score (nSPS) is 10.8. The van der Waals surface area contributed by atoms with Crippen LogP contribution in [0.4, 0.5) is 0 Å². The van der Waals surface area contributed by atoms with E-state index in [2.05, 4.69) is 12.1 Å². The van der Waals surface area contributed by atoms with Gasteiger partial charge < -0.3 is 9.63 Å². The summed E-state index contributed by atoms with van der Waals surface area (Å²) in [6.07, 6.45) is 13.7. The zero-order chi connectivity index (χ0) is 14.6. The third kappa shape index (κ3) is 7.31. The van der Waals surface area contributed by atoms with Crippen LogP contribution in [0.3, 0.4) is 0 Å². The molecule has 1 N–H and O–H groups in total. The minimum Gasteiger partial charge on any atom is -0.476 e. The number of hydrogen-bond donors (Lipinski definition) is 1. The number of aryl methyl sites for hydroxylation is 1. The third-order valence-corrected chi connectivity index (χ3v) is 3.55. The summed E-state index contributed by atoms with van der Waals surface area (Å²) in [6, 6.07) is 1.52. The first-order valence-corrected chi connectivity index (χ1v) is 7.93. The Balaban J connectivity index is 1.93. The average molecular weight is 281 g/mol. The highest BCUT2D eigenvalue weighted by atomic mass is 16.5. The fourth-order valence-corrected chi connectivity index (χ4v) is 2.32. The fourth-order valence-electron chi connectivity index (χ4n) is 2.32. The molecular weight excluding hydrogens is 254 g/mol. The van der Waals surface area contributed by atoms with E-state index in [0.717, 1.165) is 12.8 Å². The Bertz CT molecular complexity index is 374. The number of hydrogen-bond acceptors (Lipinski definition) is 3. The van der Waals surface area contributed by atoms with Crippen LogP contribution in [0.25, 0.3) is 0 Å². The van der Waals surface area contributed by atoms with E-state index in [9.17, 15) is 4.79 Å². The predicted molar refractivity (Wildman–Crippen MR) is 79.0 cm³/mol. The lowest BCUT2D eigenvalue weighted by Crippen LogP contribution is -1.94. The predicted octanol–water partition coefficient (Wildman–Crippen LogP) is 4.84. The largest absolute Gasteiger partial charge is 0.476 e. The molecule has 0 saturated heterocycles. The first-order chi connectivity index (χ1) is 9.74. The summed E-state index contributed by atoms with van der Waals surface area (Å²) in [5.74, 6) is -0.343. The van der Waals surface area contributed by atoms with Gasteiger partial charge in [-0.2, -0.15) is 0 Å². The molecule has 0 aliphatic rings. The monoisotopic (exact) mass is 281 g/mol. The van der Waals surface area contributed by atoms with Crippen molar-refractivity contribution in [1.82, 2.24) is 5.16 Å². The highest BCUT2D eigenvalue weighted by molar-refractivity contribution is 5.85. The molecule has 0 unspecified atom stereocenters. The molecule has 0 aromatic carbocycles. The minimum atomic E-state index is -1.02. The number of rotatable bonds is 12. The van der Waals surface area contributed by atoms with Crippen molar-refractivity contribution in [3.05, 3.63) is 17.5 Å². The Hall–Kier alpha value is -1.32. The van der Waals surface area contributed by atoms with Gasteiger partial charge in [0.2, 0.25) is 0 Å². The Morgan fingerprint density at radius 1 is 1.05 bits per heavy atom. The molecule has 0 bridgehead atoms. The molecule has 20 heavy (non-hydrogen) atoms. The molecule has 1 rings (SSSR count). The maximum absolute atomic E-state index is 10.6. The van der Waals surface area contributed by atoms with Crippen molar-refractivity contribution in [2.24, 2.45) is 0 Å². The van der Waals surface area contributed by atoms with Crippen molar-refractivity contribution >= 4 is 5.97 Å². The van der Waals surface area contributed by atoms with Gasteiger partial charge in [-0.1, -0.05) is 69.9 Å². The second-order valence-corrected chi connectivity index (χ2v) is 5.42. The second kappa shape index (κ2) is 10.5. The summed E-state index contributed by atoms with van der Waals surface area (Å²) in [4.78, 5) is 10.6. The van der Waals surface area contributed by atoms with Crippen molar-refractivity contribution < 1.29 is 14.4 Å². The lowest BCUT2D eigenvalue weighted by atomic mass is 10.1. The summed E-state index contributed by atoms with van der Waals surface area (Å²) in [6.45, 7) is 2.24. The molecule has 0 amide bonds. The summed E-state index contributed by atoms with van der Waals surface area (Å²) in [5, 5.41) is 12.2. The van der Waals surface area contributed by atoms with E-state index in [1.807, 2.05) is 0 Å². The molecule has 1 aromatic heterocycles. The van der Waals surface area contributed by atoms with E-state index in [4.69, 9.17) is 9.63 Å². The van der Waals surface area contributed by atoms with Crippen LogP contribution in [-0.4, -0.2) is 16.2 Å². The molecule has 0 spiro atoms. The number of carbonyl (C=O) groups is 1. The molecule has 0 fully saturated rings. The SMILES string of the molecule is CCCCCCCCCCCCc1cc(C(=O)O)no1. The number of aromatic nitrogens is 1. The lowest BCUT2D eigenvalue weighted by molar-refractivity contribution is 0.0685. The highest BCUT2D eigenvalue weighted by Crippen LogP contribution is 2.13. The Kier molecular flexibility index (Phi) is 8.76. The van der Waals surface area contributed by atoms with Crippen LogP contribution in [0.15, 0.2) is 10.6 Å². The van der Waals surface area contributed by atoms with Crippen LogP contribution in [0.1, 0.15) is 87.4 Å². The van der Waals surface area contributed by atoms with Gasteiger partial charge in [-0.25, -0.2) is 4.79 Å². The molecule has 0 aliphatic carbocycles. The first-order valence-electron chi connectivity index (χ1n) is 7.93. The van der Waals surface area contributed by atoms with Gasteiger partial charge in [-0.15, -0.1) is 0 Å². The average Bonchev–Trinajstić information content (AvgIpc) is 2.90. The van der Waals surface area contributed by atoms with Gasteiger partial charge in [0.15, 0.2) is 5.69 Å².